The van der Waals surface area contributed by atoms with E-state index >= 15 is 0 Å². The van der Waals surface area contributed by atoms with Gasteiger partial charge in [0.2, 0.25) is 0 Å². The minimum atomic E-state index is -0.770. The first-order valence-electron chi connectivity index (χ1n) is 10.8. The van der Waals surface area contributed by atoms with Crippen LogP contribution in [-0.2, 0) is 9.59 Å². The highest BCUT2D eigenvalue weighted by molar-refractivity contribution is 7.81. The lowest BCUT2D eigenvalue weighted by atomic mass is 9.93. The van der Waals surface area contributed by atoms with Gasteiger partial charge in [0.05, 0.1) is 6.04 Å². The lowest BCUT2D eigenvalue weighted by Gasteiger charge is -2.38. The van der Waals surface area contributed by atoms with Gasteiger partial charge in [0.15, 0.2) is 5.78 Å². The SMILES string of the molecule is O=C(C1CC1)C(c1ccccc1F)N1CCC(S)C(=CCN2CCC[C@H]2C(=O)O)C1. The van der Waals surface area contributed by atoms with Gasteiger partial charge in [-0.1, -0.05) is 24.3 Å². The van der Waals surface area contributed by atoms with Crippen LogP contribution < -0.4 is 0 Å². The van der Waals surface area contributed by atoms with Gasteiger partial charge in [0, 0.05) is 36.4 Å². The number of carbonyl (C=O) groups excluding carboxylic acids is 1. The summed E-state index contributed by atoms with van der Waals surface area (Å²) in [4.78, 5) is 28.6. The minimum Gasteiger partial charge on any atom is -0.480 e. The van der Waals surface area contributed by atoms with Crippen molar-refractivity contribution in [3.63, 3.8) is 0 Å². The summed E-state index contributed by atoms with van der Waals surface area (Å²) in [5.74, 6) is -0.955. The highest BCUT2D eigenvalue weighted by Gasteiger charge is 2.41. The molecule has 2 aliphatic heterocycles. The number of ketones is 1. The number of carboxylic acid groups (broad SMARTS) is 1. The Morgan fingerprint density at radius 2 is 1.97 bits per heavy atom. The van der Waals surface area contributed by atoms with Crippen LogP contribution in [0.4, 0.5) is 4.39 Å². The lowest BCUT2D eigenvalue weighted by molar-refractivity contribution is -0.142. The number of aliphatic carboxylic acids is 1. The summed E-state index contributed by atoms with van der Waals surface area (Å²) in [5.41, 5.74) is 1.54. The molecule has 30 heavy (non-hydrogen) atoms. The molecule has 4 rings (SSSR count). The number of carboxylic acids is 1. The zero-order valence-electron chi connectivity index (χ0n) is 17.0. The summed E-state index contributed by atoms with van der Waals surface area (Å²) in [5, 5.41) is 9.47. The number of thiol groups is 1. The van der Waals surface area contributed by atoms with E-state index in [1.54, 1.807) is 18.2 Å². The summed E-state index contributed by atoms with van der Waals surface area (Å²) in [7, 11) is 0. The third kappa shape index (κ3) is 4.63. The van der Waals surface area contributed by atoms with Gasteiger partial charge in [-0.05, 0) is 50.3 Å². The number of benzene rings is 1. The molecule has 3 aliphatic rings. The maximum Gasteiger partial charge on any atom is 0.320 e. The van der Waals surface area contributed by atoms with Crippen LogP contribution in [-0.4, -0.2) is 64.1 Å². The Morgan fingerprint density at radius 1 is 1.20 bits per heavy atom. The van der Waals surface area contributed by atoms with E-state index in [0.29, 0.717) is 31.6 Å². The summed E-state index contributed by atoms with van der Waals surface area (Å²) in [6.45, 7) is 2.58. The average Bonchev–Trinajstić information content (AvgIpc) is 3.47. The molecule has 0 aromatic heterocycles. The van der Waals surface area contributed by atoms with Crippen LogP contribution in [0.25, 0.3) is 0 Å². The Morgan fingerprint density at radius 3 is 2.67 bits per heavy atom. The van der Waals surface area contributed by atoms with Crippen LogP contribution in [0.3, 0.4) is 0 Å². The summed E-state index contributed by atoms with van der Waals surface area (Å²) >= 11 is 4.73. The molecular weight excluding hydrogens is 403 g/mol. The van der Waals surface area contributed by atoms with E-state index in [1.807, 2.05) is 4.90 Å². The Balaban J connectivity index is 1.53. The first-order chi connectivity index (χ1) is 14.5. The molecule has 0 radical (unpaired) electrons. The Labute approximate surface area is 182 Å². The van der Waals surface area contributed by atoms with Crippen molar-refractivity contribution >= 4 is 24.4 Å². The molecule has 1 aromatic carbocycles. The summed E-state index contributed by atoms with van der Waals surface area (Å²) < 4.78 is 14.6. The van der Waals surface area contributed by atoms with Gasteiger partial charge in [-0.2, -0.15) is 12.6 Å². The van der Waals surface area contributed by atoms with Crippen LogP contribution in [0, 0.1) is 11.7 Å². The van der Waals surface area contributed by atoms with E-state index < -0.39 is 18.1 Å². The van der Waals surface area contributed by atoms with Crippen molar-refractivity contribution in [2.24, 2.45) is 5.92 Å². The molecule has 1 aliphatic carbocycles. The van der Waals surface area contributed by atoms with Crippen molar-refractivity contribution in [2.45, 2.75) is 49.4 Å². The van der Waals surface area contributed by atoms with Crippen molar-refractivity contribution in [2.75, 3.05) is 26.2 Å². The summed E-state index contributed by atoms with van der Waals surface area (Å²) in [6.07, 6.45) is 6.20. The summed E-state index contributed by atoms with van der Waals surface area (Å²) in [6, 6.07) is 5.58. The molecule has 0 spiro atoms. The molecule has 1 N–H and O–H groups in total. The highest BCUT2D eigenvalue weighted by atomic mass is 32.1. The first kappa shape index (κ1) is 21.5. The maximum atomic E-state index is 14.6. The number of carbonyl (C=O) groups is 2. The first-order valence-corrected chi connectivity index (χ1v) is 11.3. The topological polar surface area (TPSA) is 60.9 Å². The number of halogens is 1. The van der Waals surface area contributed by atoms with Crippen LogP contribution in [0.2, 0.25) is 0 Å². The van der Waals surface area contributed by atoms with Crippen LogP contribution in [0.5, 0.6) is 0 Å². The second-order valence-electron chi connectivity index (χ2n) is 8.65. The van der Waals surface area contributed by atoms with Crippen LogP contribution in [0.1, 0.15) is 43.7 Å². The fraction of sp³-hybridized carbons (Fsp3) is 0.565. The zero-order chi connectivity index (χ0) is 21.3. The zero-order valence-corrected chi connectivity index (χ0v) is 17.9. The molecule has 7 heteroatoms. The van der Waals surface area contributed by atoms with Crippen molar-refractivity contribution < 1.29 is 19.1 Å². The minimum absolute atomic E-state index is 0.0386. The molecule has 2 unspecified atom stereocenters. The molecule has 3 atom stereocenters. The quantitative estimate of drug-likeness (QED) is 0.511. The van der Waals surface area contributed by atoms with E-state index in [0.717, 1.165) is 37.8 Å². The number of Topliss-reactive ketones (excluding diaryl/α,β-unsaturated/α-hetero) is 1. The highest BCUT2D eigenvalue weighted by Crippen LogP contribution is 2.39. The van der Waals surface area contributed by atoms with E-state index in [2.05, 4.69) is 11.0 Å². The van der Waals surface area contributed by atoms with E-state index in [4.69, 9.17) is 12.6 Å². The molecule has 0 bridgehead atoms. The van der Waals surface area contributed by atoms with E-state index in [9.17, 15) is 19.1 Å². The molecule has 1 aromatic rings. The molecule has 162 valence electrons. The normalized spacial score (nSPS) is 28.0. The van der Waals surface area contributed by atoms with Crippen LogP contribution in [0.15, 0.2) is 35.9 Å². The van der Waals surface area contributed by atoms with Gasteiger partial charge in [0.1, 0.15) is 11.9 Å². The molecule has 1 saturated carbocycles. The van der Waals surface area contributed by atoms with Gasteiger partial charge in [-0.25, -0.2) is 4.39 Å². The molecule has 2 saturated heterocycles. The fourth-order valence-electron chi connectivity index (χ4n) is 4.69. The molecule has 5 nitrogen and oxygen atoms in total. The maximum absolute atomic E-state index is 14.6. The second kappa shape index (κ2) is 9.20. The van der Waals surface area contributed by atoms with Crippen molar-refractivity contribution in [3.05, 3.63) is 47.3 Å². The van der Waals surface area contributed by atoms with Crippen molar-refractivity contribution in [1.29, 1.82) is 0 Å². The van der Waals surface area contributed by atoms with Gasteiger partial charge in [0.25, 0.3) is 0 Å². The Hall–Kier alpha value is -1.70. The number of hydrogen-bond donors (Lipinski definition) is 2. The number of nitrogens with zero attached hydrogens (tertiary/aromatic N) is 2. The predicted octanol–water partition coefficient (Wildman–Crippen LogP) is 3.33. The smallest absolute Gasteiger partial charge is 0.320 e. The van der Waals surface area contributed by atoms with Gasteiger partial charge < -0.3 is 5.11 Å². The van der Waals surface area contributed by atoms with Gasteiger partial charge in [-0.15, -0.1) is 0 Å². The monoisotopic (exact) mass is 432 g/mol. The largest absolute Gasteiger partial charge is 0.480 e. The Kier molecular flexibility index (Phi) is 6.60. The number of hydrogen-bond acceptors (Lipinski definition) is 5. The Bertz CT molecular complexity index is 841. The third-order valence-corrected chi connectivity index (χ3v) is 7.14. The second-order valence-corrected chi connectivity index (χ2v) is 9.27. The lowest BCUT2D eigenvalue weighted by Crippen LogP contribution is -2.43. The standard InChI is InChI=1S/C23H29FN2O3S/c24-18-5-2-1-4-17(18)21(22(27)15-7-8-15)26-13-10-20(30)16(14-26)9-12-25-11-3-6-19(25)23(28)29/h1-2,4-5,9,15,19-21,30H,3,6-8,10-14H2,(H,28,29)/t19-,20?,21?/m0/s1. The molecule has 2 heterocycles. The van der Waals surface area contributed by atoms with Crippen LogP contribution >= 0.6 is 12.6 Å². The predicted molar refractivity (Wildman–Crippen MR) is 116 cm³/mol. The fourth-order valence-corrected chi connectivity index (χ4v) is 4.99. The molecular formula is C23H29FN2O3S. The molecule has 0 amide bonds. The van der Waals surface area contributed by atoms with Gasteiger partial charge in [-0.3, -0.25) is 19.4 Å². The number of rotatable bonds is 7. The van der Waals surface area contributed by atoms with E-state index in [-0.39, 0.29) is 22.8 Å². The van der Waals surface area contributed by atoms with Gasteiger partial charge >= 0.3 is 5.97 Å². The van der Waals surface area contributed by atoms with Crippen molar-refractivity contribution in [3.8, 4) is 0 Å². The van der Waals surface area contributed by atoms with E-state index in [1.165, 1.54) is 6.07 Å². The van der Waals surface area contributed by atoms with Crippen molar-refractivity contribution in [1.82, 2.24) is 9.80 Å². The number of likely N-dealkylation sites (tertiary alicyclic amines) is 2. The number of piperidine rings is 1. The third-order valence-electron chi connectivity index (χ3n) is 6.55. The molecule has 3 fully saturated rings. The average molecular weight is 433 g/mol.